The first-order valence-electron chi connectivity index (χ1n) is 9.10. The Hall–Kier alpha value is -3.42. The molecule has 0 radical (unpaired) electrons. The van der Waals surface area contributed by atoms with E-state index >= 15 is 0 Å². The Balaban J connectivity index is 1.83. The molecule has 28 heavy (non-hydrogen) atoms. The summed E-state index contributed by atoms with van der Waals surface area (Å²) in [6, 6.07) is 7.52. The van der Waals surface area contributed by atoms with Gasteiger partial charge >= 0.3 is 12.2 Å². The van der Waals surface area contributed by atoms with E-state index in [4.69, 9.17) is 9.47 Å². The fraction of sp³-hybridized carbons (Fsp3) is 0.300. The molecule has 8 heteroatoms. The van der Waals surface area contributed by atoms with Crippen molar-refractivity contribution in [1.82, 2.24) is 19.1 Å². The van der Waals surface area contributed by atoms with Crippen molar-refractivity contribution < 1.29 is 19.1 Å². The van der Waals surface area contributed by atoms with Crippen LogP contribution in [0.25, 0.3) is 0 Å². The van der Waals surface area contributed by atoms with Crippen LogP contribution in [0, 0.1) is 0 Å². The Morgan fingerprint density at radius 1 is 0.857 bits per heavy atom. The SMILES string of the molecule is CC[C@H](OC(=O)n1ccnc1)c1ccccc1[C@H](CC)OC(=O)n1ccnc1. The number of carbonyl (C=O) groups excluding carboxylic acids is 2. The van der Waals surface area contributed by atoms with Gasteiger partial charge in [-0.15, -0.1) is 0 Å². The summed E-state index contributed by atoms with van der Waals surface area (Å²) < 4.78 is 13.9. The van der Waals surface area contributed by atoms with Gasteiger partial charge in [-0.1, -0.05) is 38.1 Å². The number of hydrogen-bond donors (Lipinski definition) is 0. The van der Waals surface area contributed by atoms with Crippen LogP contribution in [-0.2, 0) is 9.47 Å². The molecule has 0 amide bonds. The van der Waals surface area contributed by atoms with E-state index in [0.29, 0.717) is 12.8 Å². The van der Waals surface area contributed by atoms with E-state index in [9.17, 15) is 9.59 Å². The third kappa shape index (κ3) is 4.28. The molecule has 0 N–H and O–H groups in total. The third-order valence-corrected chi connectivity index (χ3v) is 4.35. The number of benzene rings is 1. The average Bonchev–Trinajstić information content (AvgIpc) is 3.44. The molecule has 0 fully saturated rings. The van der Waals surface area contributed by atoms with Gasteiger partial charge in [0.05, 0.1) is 0 Å². The van der Waals surface area contributed by atoms with Crippen LogP contribution in [0.5, 0.6) is 0 Å². The molecular formula is C20H22N4O4. The standard InChI is InChI=1S/C20H22N4O4/c1-3-17(27-19(25)23-11-9-21-13-23)15-7-5-6-8-16(15)18(4-2)28-20(26)24-12-10-22-14-24/h5-14,17-18H,3-4H2,1-2H3/t17-,18-/m0/s1. The predicted octanol–water partition coefficient (Wildman–Crippen LogP) is 4.35. The van der Waals surface area contributed by atoms with Crippen molar-refractivity contribution in [2.24, 2.45) is 0 Å². The van der Waals surface area contributed by atoms with Crippen molar-refractivity contribution in [3.63, 3.8) is 0 Å². The first kappa shape index (κ1) is 19.3. The fourth-order valence-electron chi connectivity index (χ4n) is 2.93. The molecule has 0 aliphatic rings. The maximum atomic E-state index is 12.3. The highest BCUT2D eigenvalue weighted by molar-refractivity contribution is 5.71. The van der Waals surface area contributed by atoms with Crippen LogP contribution >= 0.6 is 0 Å². The maximum absolute atomic E-state index is 12.3. The molecule has 2 heterocycles. The van der Waals surface area contributed by atoms with Gasteiger partial charge in [-0.3, -0.25) is 0 Å². The van der Waals surface area contributed by atoms with Crippen molar-refractivity contribution >= 4 is 12.2 Å². The second-order valence-corrected chi connectivity index (χ2v) is 6.13. The largest absolute Gasteiger partial charge is 0.441 e. The van der Waals surface area contributed by atoms with Gasteiger partial charge in [0.15, 0.2) is 0 Å². The quantitative estimate of drug-likeness (QED) is 0.630. The molecule has 0 saturated carbocycles. The van der Waals surface area contributed by atoms with E-state index in [2.05, 4.69) is 9.97 Å². The number of nitrogens with zero attached hydrogens (tertiary/aromatic N) is 4. The summed E-state index contributed by atoms with van der Waals surface area (Å²) in [5.74, 6) is 0. The lowest BCUT2D eigenvalue weighted by Crippen LogP contribution is -2.20. The minimum Gasteiger partial charge on any atom is -0.441 e. The predicted molar refractivity (Wildman–Crippen MR) is 101 cm³/mol. The fourth-order valence-corrected chi connectivity index (χ4v) is 2.93. The Morgan fingerprint density at radius 3 is 1.61 bits per heavy atom. The number of hydrogen-bond acceptors (Lipinski definition) is 6. The minimum absolute atomic E-state index is 0.480. The molecule has 8 nitrogen and oxygen atoms in total. The van der Waals surface area contributed by atoms with Gasteiger partial charge in [-0.2, -0.15) is 0 Å². The molecule has 0 spiro atoms. The lowest BCUT2D eigenvalue weighted by atomic mass is 9.95. The maximum Gasteiger partial charge on any atom is 0.419 e. The molecule has 3 rings (SSSR count). The second-order valence-electron chi connectivity index (χ2n) is 6.13. The highest BCUT2D eigenvalue weighted by Gasteiger charge is 2.24. The van der Waals surface area contributed by atoms with Gasteiger partial charge in [0, 0.05) is 24.8 Å². The molecular weight excluding hydrogens is 360 g/mol. The van der Waals surface area contributed by atoms with Crippen molar-refractivity contribution in [3.8, 4) is 0 Å². The molecule has 0 saturated heterocycles. The third-order valence-electron chi connectivity index (χ3n) is 4.35. The summed E-state index contributed by atoms with van der Waals surface area (Å²) in [6.45, 7) is 3.86. The van der Waals surface area contributed by atoms with Crippen molar-refractivity contribution in [2.45, 2.75) is 38.9 Å². The number of imidazole rings is 2. The summed E-state index contributed by atoms with van der Waals surface area (Å²) in [6.07, 6.45) is 8.03. The first-order valence-corrected chi connectivity index (χ1v) is 9.10. The Morgan fingerprint density at radius 2 is 1.29 bits per heavy atom. The lowest BCUT2D eigenvalue weighted by molar-refractivity contribution is 0.0831. The van der Waals surface area contributed by atoms with Gasteiger partial charge in [0.2, 0.25) is 0 Å². The summed E-state index contributed by atoms with van der Waals surface area (Å²) in [5.41, 5.74) is 1.62. The van der Waals surface area contributed by atoms with E-state index < -0.39 is 24.4 Å². The Kier molecular flexibility index (Phi) is 6.21. The molecule has 1 aromatic carbocycles. The molecule has 2 aromatic heterocycles. The van der Waals surface area contributed by atoms with Gasteiger partial charge < -0.3 is 9.47 Å². The topological polar surface area (TPSA) is 88.2 Å². The van der Waals surface area contributed by atoms with Crippen LogP contribution in [0.1, 0.15) is 50.0 Å². The van der Waals surface area contributed by atoms with Crippen LogP contribution in [0.4, 0.5) is 9.59 Å². The normalized spacial score (nSPS) is 12.9. The molecule has 3 aromatic rings. The molecule has 2 atom stereocenters. The van der Waals surface area contributed by atoms with Crippen LogP contribution < -0.4 is 0 Å². The molecule has 0 bridgehead atoms. The number of ether oxygens (including phenoxy) is 2. The monoisotopic (exact) mass is 382 g/mol. The molecule has 0 unspecified atom stereocenters. The van der Waals surface area contributed by atoms with Crippen LogP contribution in [0.3, 0.4) is 0 Å². The highest BCUT2D eigenvalue weighted by Crippen LogP contribution is 2.32. The van der Waals surface area contributed by atoms with E-state index in [-0.39, 0.29) is 0 Å². The van der Waals surface area contributed by atoms with Gasteiger partial charge in [-0.25, -0.2) is 28.7 Å². The smallest absolute Gasteiger partial charge is 0.419 e. The average molecular weight is 382 g/mol. The number of aromatic nitrogens is 4. The summed E-state index contributed by atoms with van der Waals surface area (Å²) in [7, 11) is 0. The van der Waals surface area contributed by atoms with E-state index in [1.807, 2.05) is 38.1 Å². The van der Waals surface area contributed by atoms with E-state index in [1.165, 1.54) is 46.6 Å². The zero-order valence-electron chi connectivity index (χ0n) is 15.8. The zero-order valence-corrected chi connectivity index (χ0v) is 15.8. The second kappa shape index (κ2) is 8.98. The van der Waals surface area contributed by atoms with Crippen LogP contribution in [-0.4, -0.2) is 31.3 Å². The minimum atomic E-state index is -0.511. The van der Waals surface area contributed by atoms with Crippen LogP contribution in [0.2, 0.25) is 0 Å². The first-order chi connectivity index (χ1) is 13.6. The zero-order chi connectivity index (χ0) is 19.9. The van der Waals surface area contributed by atoms with Crippen LogP contribution in [0.15, 0.2) is 61.7 Å². The number of rotatable bonds is 6. The molecule has 0 aliphatic heterocycles. The van der Waals surface area contributed by atoms with E-state index in [0.717, 1.165) is 11.1 Å². The Bertz CT molecular complexity index is 831. The van der Waals surface area contributed by atoms with Crippen molar-refractivity contribution in [1.29, 1.82) is 0 Å². The van der Waals surface area contributed by atoms with Gasteiger partial charge in [0.25, 0.3) is 0 Å². The number of carbonyl (C=O) groups is 2. The van der Waals surface area contributed by atoms with Crippen molar-refractivity contribution in [3.05, 3.63) is 72.8 Å². The molecule has 146 valence electrons. The summed E-state index contributed by atoms with van der Waals surface area (Å²) in [5, 5.41) is 0. The summed E-state index contributed by atoms with van der Waals surface area (Å²) >= 11 is 0. The summed E-state index contributed by atoms with van der Waals surface area (Å²) in [4.78, 5) is 32.4. The Labute approximate surface area is 162 Å². The van der Waals surface area contributed by atoms with Crippen molar-refractivity contribution in [2.75, 3.05) is 0 Å². The lowest BCUT2D eigenvalue weighted by Gasteiger charge is -2.24. The highest BCUT2D eigenvalue weighted by atomic mass is 16.6. The van der Waals surface area contributed by atoms with Gasteiger partial charge in [0.1, 0.15) is 24.9 Å². The van der Waals surface area contributed by atoms with E-state index in [1.54, 1.807) is 0 Å². The molecule has 0 aliphatic carbocycles. The van der Waals surface area contributed by atoms with Gasteiger partial charge in [-0.05, 0) is 24.0 Å².